The number of nitrogen functional groups attached to an aromatic ring is 1. The summed E-state index contributed by atoms with van der Waals surface area (Å²) in [5, 5.41) is 3.89. The first-order valence-corrected chi connectivity index (χ1v) is 4.59. The molecule has 0 aromatic carbocycles. The molecule has 72 valence electrons. The topological polar surface area (TPSA) is 56.7 Å². The molecule has 0 fully saturated rings. The van der Waals surface area contributed by atoms with Crippen LogP contribution in [-0.2, 0) is 0 Å². The van der Waals surface area contributed by atoms with Gasteiger partial charge in [-0.3, -0.25) is 0 Å². The van der Waals surface area contributed by atoms with Crippen molar-refractivity contribution in [3.05, 3.63) is 34.8 Å². The lowest BCUT2D eigenvalue weighted by Gasteiger charge is -2.03. The quantitative estimate of drug-likeness (QED) is 0.846. The van der Waals surface area contributed by atoms with E-state index >= 15 is 0 Å². The molecule has 0 radical (unpaired) electrons. The number of anilines is 1. The van der Waals surface area contributed by atoms with Crippen LogP contribution >= 0.6 is 15.9 Å². The van der Waals surface area contributed by atoms with Gasteiger partial charge < -0.3 is 5.73 Å². The van der Waals surface area contributed by atoms with Gasteiger partial charge in [-0.1, -0.05) is 0 Å². The highest BCUT2D eigenvalue weighted by Crippen LogP contribution is 2.21. The number of nitrogens with two attached hydrogens (primary N) is 1. The largest absolute Gasteiger partial charge is 0.383 e. The van der Waals surface area contributed by atoms with Crippen LogP contribution in [0.2, 0.25) is 0 Å². The molecule has 0 saturated carbocycles. The van der Waals surface area contributed by atoms with Crippen LogP contribution in [0.15, 0.2) is 29.0 Å². The normalized spacial score (nSPS) is 10.4. The molecule has 2 rings (SSSR count). The lowest BCUT2D eigenvalue weighted by atomic mass is 10.4. The molecule has 4 nitrogen and oxygen atoms in total. The number of pyridine rings is 1. The summed E-state index contributed by atoms with van der Waals surface area (Å²) in [5.74, 6) is -0.0481. The van der Waals surface area contributed by atoms with Crippen LogP contribution in [0.5, 0.6) is 0 Å². The zero-order valence-electron chi connectivity index (χ0n) is 6.98. The molecule has 0 amide bonds. The zero-order valence-corrected chi connectivity index (χ0v) is 8.57. The van der Waals surface area contributed by atoms with Gasteiger partial charge in [0.15, 0.2) is 11.6 Å². The standard InChI is InChI=1S/C8H6BrFN4/c9-5-4-13-14(7(5)11)8-6(10)2-1-3-12-8/h1-4H,11H2. The zero-order chi connectivity index (χ0) is 10.1. The van der Waals surface area contributed by atoms with Crippen LogP contribution in [0.3, 0.4) is 0 Å². The Morgan fingerprint density at radius 3 is 2.86 bits per heavy atom. The molecule has 2 aromatic rings. The Kier molecular flexibility index (Phi) is 2.20. The highest BCUT2D eigenvalue weighted by Gasteiger charge is 2.11. The van der Waals surface area contributed by atoms with Gasteiger partial charge in [0.25, 0.3) is 0 Å². The second kappa shape index (κ2) is 3.38. The van der Waals surface area contributed by atoms with E-state index in [0.717, 1.165) is 0 Å². The molecule has 2 heterocycles. The van der Waals surface area contributed by atoms with Crippen LogP contribution in [0.25, 0.3) is 5.82 Å². The molecule has 0 saturated heterocycles. The summed E-state index contributed by atoms with van der Waals surface area (Å²) in [6, 6.07) is 2.81. The van der Waals surface area contributed by atoms with E-state index in [0.29, 0.717) is 10.3 Å². The summed E-state index contributed by atoms with van der Waals surface area (Å²) in [4.78, 5) is 3.85. The van der Waals surface area contributed by atoms with Gasteiger partial charge in [-0.25, -0.2) is 9.37 Å². The van der Waals surface area contributed by atoms with Crippen LogP contribution in [0.4, 0.5) is 10.2 Å². The maximum Gasteiger partial charge on any atom is 0.191 e. The molecule has 2 aromatic heterocycles. The van der Waals surface area contributed by atoms with Gasteiger partial charge >= 0.3 is 0 Å². The maximum absolute atomic E-state index is 13.3. The van der Waals surface area contributed by atoms with Crippen molar-refractivity contribution in [2.45, 2.75) is 0 Å². The summed E-state index contributed by atoms with van der Waals surface area (Å²) >= 11 is 3.18. The lowest BCUT2D eigenvalue weighted by molar-refractivity contribution is 0.602. The molecule has 0 atom stereocenters. The van der Waals surface area contributed by atoms with Gasteiger partial charge in [0, 0.05) is 6.20 Å². The average Bonchev–Trinajstić information content (AvgIpc) is 2.49. The fourth-order valence-electron chi connectivity index (χ4n) is 1.04. The first-order valence-electron chi connectivity index (χ1n) is 3.80. The highest BCUT2D eigenvalue weighted by atomic mass is 79.9. The summed E-state index contributed by atoms with van der Waals surface area (Å²) in [5.41, 5.74) is 5.65. The predicted octanol–water partition coefficient (Wildman–Crippen LogP) is 1.75. The molecule has 14 heavy (non-hydrogen) atoms. The smallest absolute Gasteiger partial charge is 0.191 e. The number of hydrogen-bond donors (Lipinski definition) is 1. The second-order valence-corrected chi connectivity index (χ2v) is 3.45. The Morgan fingerprint density at radius 1 is 1.50 bits per heavy atom. The van der Waals surface area contributed by atoms with Gasteiger partial charge in [-0.2, -0.15) is 9.78 Å². The van der Waals surface area contributed by atoms with Crippen LogP contribution < -0.4 is 5.73 Å². The van der Waals surface area contributed by atoms with E-state index in [-0.39, 0.29) is 5.82 Å². The molecule has 0 aliphatic carbocycles. The van der Waals surface area contributed by atoms with E-state index in [1.165, 1.54) is 29.2 Å². The van der Waals surface area contributed by atoms with Crippen LogP contribution in [0.1, 0.15) is 0 Å². The van der Waals surface area contributed by atoms with E-state index in [2.05, 4.69) is 26.0 Å². The van der Waals surface area contributed by atoms with Gasteiger partial charge in [-0.05, 0) is 28.1 Å². The van der Waals surface area contributed by atoms with Crippen molar-refractivity contribution in [1.82, 2.24) is 14.8 Å². The molecular weight excluding hydrogens is 251 g/mol. The Hall–Kier alpha value is -1.43. The fraction of sp³-hybridized carbons (Fsp3) is 0. The summed E-state index contributed by atoms with van der Waals surface area (Å²) in [6.07, 6.45) is 2.97. The minimum absolute atomic E-state index is 0.0932. The number of nitrogens with zero attached hydrogens (tertiary/aromatic N) is 3. The van der Waals surface area contributed by atoms with E-state index in [1.54, 1.807) is 0 Å². The van der Waals surface area contributed by atoms with Gasteiger partial charge in [-0.15, -0.1) is 0 Å². The Morgan fingerprint density at radius 2 is 2.29 bits per heavy atom. The SMILES string of the molecule is Nc1c(Br)cnn1-c1ncccc1F. The van der Waals surface area contributed by atoms with Crippen molar-refractivity contribution in [3.63, 3.8) is 0 Å². The minimum Gasteiger partial charge on any atom is -0.383 e. The first-order chi connectivity index (χ1) is 6.70. The molecule has 2 N–H and O–H groups in total. The van der Waals surface area contributed by atoms with E-state index in [9.17, 15) is 4.39 Å². The van der Waals surface area contributed by atoms with Crippen molar-refractivity contribution in [2.75, 3.05) is 5.73 Å². The molecule has 0 unspecified atom stereocenters. The van der Waals surface area contributed by atoms with Crippen molar-refractivity contribution < 1.29 is 4.39 Å². The first kappa shape index (κ1) is 9.14. The third kappa shape index (κ3) is 1.37. The van der Waals surface area contributed by atoms with Gasteiger partial charge in [0.1, 0.15) is 5.82 Å². The average molecular weight is 257 g/mol. The molecule has 0 bridgehead atoms. The van der Waals surface area contributed by atoms with Gasteiger partial charge in [0.05, 0.1) is 10.7 Å². The summed E-state index contributed by atoms with van der Waals surface area (Å²) in [7, 11) is 0. The van der Waals surface area contributed by atoms with Crippen molar-refractivity contribution >= 4 is 21.7 Å². The monoisotopic (exact) mass is 256 g/mol. The molecule has 0 aliphatic heterocycles. The number of aromatic nitrogens is 3. The summed E-state index contributed by atoms with van der Waals surface area (Å²) in [6.45, 7) is 0. The molecule has 0 spiro atoms. The van der Waals surface area contributed by atoms with Gasteiger partial charge in [0.2, 0.25) is 0 Å². The fourth-order valence-corrected chi connectivity index (χ4v) is 1.30. The van der Waals surface area contributed by atoms with Crippen molar-refractivity contribution in [1.29, 1.82) is 0 Å². The minimum atomic E-state index is -0.463. The second-order valence-electron chi connectivity index (χ2n) is 2.60. The van der Waals surface area contributed by atoms with Crippen molar-refractivity contribution in [3.8, 4) is 5.82 Å². The Labute approximate surface area is 87.7 Å². The summed E-state index contributed by atoms with van der Waals surface area (Å²) < 4.78 is 15.1. The molecule has 0 aliphatic rings. The molecule has 6 heteroatoms. The van der Waals surface area contributed by atoms with Crippen LogP contribution in [0, 0.1) is 5.82 Å². The lowest BCUT2D eigenvalue weighted by Crippen LogP contribution is -2.06. The Bertz CT molecular complexity index is 468. The maximum atomic E-state index is 13.3. The third-order valence-corrected chi connectivity index (χ3v) is 2.31. The molecular formula is C8H6BrFN4. The van der Waals surface area contributed by atoms with E-state index in [1.807, 2.05) is 0 Å². The Balaban J connectivity index is 2.60. The van der Waals surface area contributed by atoms with E-state index < -0.39 is 5.82 Å². The van der Waals surface area contributed by atoms with Crippen molar-refractivity contribution in [2.24, 2.45) is 0 Å². The van der Waals surface area contributed by atoms with E-state index in [4.69, 9.17) is 5.73 Å². The highest BCUT2D eigenvalue weighted by molar-refractivity contribution is 9.10. The number of halogens is 2. The third-order valence-electron chi connectivity index (χ3n) is 1.70. The van der Waals surface area contributed by atoms with Crippen LogP contribution in [-0.4, -0.2) is 14.8 Å². The number of hydrogen-bond acceptors (Lipinski definition) is 3. The number of rotatable bonds is 1. The predicted molar refractivity (Wildman–Crippen MR) is 53.4 cm³/mol.